The maximum absolute atomic E-state index is 6.37. The van der Waals surface area contributed by atoms with Crippen LogP contribution < -0.4 is 5.73 Å². The largest absolute Gasteiger partial charge is 0.383 e. The zero-order valence-corrected chi connectivity index (χ0v) is 20.3. The van der Waals surface area contributed by atoms with E-state index in [0.29, 0.717) is 27.6 Å². The molecule has 180 valence electrons. The number of fused-ring (bicyclic) bond motifs is 3. The number of pyridine rings is 2. The van der Waals surface area contributed by atoms with Crippen LogP contribution in [-0.4, -0.2) is 44.5 Å². The topological polar surface area (TPSA) is 129 Å². The van der Waals surface area contributed by atoms with Crippen molar-refractivity contribution in [3.05, 3.63) is 84.3 Å². The Morgan fingerprint density at radius 1 is 1.03 bits per heavy atom. The summed E-state index contributed by atoms with van der Waals surface area (Å²) in [7, 11) is 0. The number of nitrogen functional groups attached to an aromatic ring is 1. The number of hydrogen-bond donors (Lipinski definition) is 2. The number of hydrogen-bond acceptors (Lipinski definition) is 7. The molecule has 6 heterocycles. The molecule has 11 heteroatoms. The maximum atomic E-state index is 6.37. The van der Waals surface area contributed by atoms with Crippen LogP contribution in [-0.2, 0) is 0 Å². The van der Waals surface area contributed by atoms with Crippen LogP contribution in [0.5, 0.6) is 0 Å². The van der Waals surface area contributed by atoms with Gasteiger partial charge in [0.05, 0.1) is 34.5 Å². The number of aromatic amines is 1. The van der Waals surface area contributed by atoms with Crippen LogP contribution in [0.2, 0.25) is 5.02 Å². The average Bonchev–Trinajstić information content (AvgIpc) is 3.64. The molecule has 0 radical (unpaired) electrons. The average molecular weight is 507 g/mol. The van der Waals surface area contributed by atoms with Gasteiger partial charge in [-0.05, 0) is 49.4 Å². The summed E-state index contributed by atoms with van der Waals surface area (Å²) < 4.78 is 3.69. The highest BCUT2D eigenvalue weighted by molar-refractivity contribution is 6.31. The van der Waals surface area contributed by atoms with Gasteiger partial charge in [0.15, 0.2) is 5.65 Å². The summed E-state index contributed by atoms with van der Waals surface area (Å²) in [5, 5.41) is 13.2. The highest BCUT2D eigenvalue weighted by Crippen LogP contribution is 2.36. The van der Waals surface area contributed by atoms with Crippen molar-refractivity contribution in [3.8, 4) is 16.9 Å². The fourth-order valence-corrected chi connectivity index (χ4v) is 4.92. The van der Waals surface area contributed by atoms with Gasteiger partial charge in [0.1, 0.15) is 23.5 Å². The van der Waals surface area contributed by atoms with Crippen LogP contribution in [0.25, 0.3) is 49.9 Å². The lowest BCUT2D eigenvalue weighted by atomic mass is 10.1. The van der Waals surface area contributed by atoms with Crippen LogP contribution in [0.4, 0.5) is 5.82 Å². The fraction of sp³-hybridized carbons (Fsp3) is 0.0769. The molecule has 6 aromatic heterocycles. The molecule has 1 aromatic carbocycles. The highest BCUT2D eigenvalue weighted by atomic mass is 35.5. The molecule has 0 saturated heterocycles. The van der Waals surface area contributed by atoms with Crippen molar-refractivity contribution < 1.29 is 0 Å². The van der Waals surface area contributed by atoms with Gasteiger partial charge in [-0.2, -0.15) is 10.2 Å². The molecule has 7 aromatic rings. The van der Waals surface area contributed by atoms with Crippen molar-refractivity contribution in [2.45, 2.75) is 13.0 Å². The molecular formula is C26H19ClN10. The molecule has 0 fully saturated rings. The molecule has 37 heavy (non-hydrogen) atoms. The molecule has 7 rings (SSSR count). The number of halogens is 1. The number of rotatable bonds is 4. The van der Waals surface area contributed by atoms with E-state index in [-0.39, 0.29) is 6.04 Å². The van der Waals surface area contributed by atoms with Gasteiger partial charge in [-0.3, -0.25) is 4.98 Å². The Labute approximate surface area is 214 Å². The summed E-state index contributed by atoms with van der Waals surface area (Å²) in [6.45, 7) is 2.03. The lowest BCUT2D eigenvalue weighted by molar-refractivity contribution is 0.564. The van der Waals surface area contributed by atoms with Crippen molar-refractivity contribution in [3.63, 3.8) is 0 Å². The number of benzene rings is 1. The van der Waals surface area contributed by atoms with Crippen LogP contribution in [0.15, 0.2) is 73.6 Å². The molecular weight excluding hydrogens is 488 g/mol. The zero-order valence-electron chi connectivity index (χ0n) is 19.5. The molecule has 0 aliphatic carbocycles. The van der Waals surface area contributed by atoms with Crippen molar-refractivity contribution in [2.75, 3.05) is 5.73 Å². The van der Waals surface area contributed by atoms with Crippen molar-refractivity contribution in [2.24, 2.45) is 0 Å². The van der Waals surface area contributed by atoms with E-state index in [4.69, 9.17) is 27.5 Å². The Kier molecular flexibility index (Phi) is 4.70. The Bertz CT molecular complexity index is 1940. The molecule has 10 nitrogen and oxygen atoms in total. The molecule has 0 aliphatic heterocycles. The highest BCUT2D eigenvalue weighted by Gasteiger charge is 2.25. The first-order valence-electron chi connectivity index (χ1n) is 11.6. The Hall–Kier alpha value is -4.83. The van der Waals surface area contributed by atoms with Crippen LogP contribution in [0.1, 0.15) is 18.7 Å². The van der Waals surface area contributed by atoms with Crippen LogP contribution in [0, 0.1) is 0 Å². The molecule has 0 saturated carbocycles. The van der Waals surface area contributed by atoms with Crippen molar-refractivity contribution in [1.29, 1.82) is 0 Å². The van der Waals surface area contributed by atoms with Gasteiger partial charge in [0.2, 0.25) is 0 Å². The Balaban J connectivity index is 1.45. The van der Waals surface area contributed by atoms with Gasteiger partial charge in [0, 0.05) is 39.9 Å². The number of anilines is 1. The number of H-pyrrole nitrogens is 1. The third-order valence-electron chi connectivity index (χ3n) is 6.52. The second kappa shape index (κ2) is 8.10. The van der Waals surface area contributed by atoms with Gasteiger partial charge in [-0.15, -0.1) is 0 Å². The van der Waals surface area contributed by atoms with Crippen molar-refractivity contribution in [1.82, 2.24) is 44.5 Å². The maximum Gasteiger partial charge on any atom is 0.164 e. The standard InChI is InChI=1S/C26H19ClN10/c1-14(22-19-5-4-17(27)10-20(19)37(34-22)18-3-2-7-29-12-18)36-26-21(24(28)32-13-33-26)23(35-36)16-9-15-6-8-30-25(15)31-11-16/h2-14H,1H3,(H,30,31)(H2,28,32,33). The smallest absolute Gasteiger partial charge is 0.164 e. The van der Waals surface area contributed by atoms with E-state index >= 15 is 0 Å². The van der Waals surface area contributed by atoms with E-state index in [1.165, 1.54) is 6.33 Å². The van der Waals surface area contributed by atoms with E-state index in [0.717, 1.165) is 38.9 Å². The third kappa shape index (κ3) is 3.34. The van der Waals surface area contributed by atoms with Crippen molar-refractivity contribution >= 4 is 50.4 Å². The molecule has 0 bridgehead atoms. The van der Waals surface area contributed by atoms with Gasteiger partial charge >= 0.3 is 0 Å². The fourth-order valence-electron chi connectivity index (χ4n) is 4.75. The molecule has 1 unspecified atom stereocenters. The van der Waals surface area contributed by atoms with Gasteiger partial charge < -0.3 is 10.7 Å². The van der Waals surface area contributed by atoms with E-state index < -0.39 is 0 Å². The summed E-state index contributed by atoms with van der Waals surface area (Å²) >= 11 is 6.37. The predicted molar refractivity (Wildman–Crippen MR) is 143 cm³/mol. The quantitative estimate of drug-likeness (QED) is 0.345. The van der Waals surface area contributed by atoms with Gasteiger partial charge in [-0.25, -0.2) is 24.3 Å². The van der Waals surface area contributed by atoms with Crippen LogP contribution in [0.3, 0.4) is 0 Å². The summed E-state index contributed by atoms with van der Waals surface area (Å²) in [6, 6.07) is 13.3. The summed E-state index contributed by atoms with van der Waals surface area (Å²) in [4.78, 5) is 20.7. The van der Waals surface area contributed by atoms with E-state index in [1.54, 1.807) is 18.6 Å². The minimum atomic E-state index is -0.295. The minimum absolute atomic E-state index is 0.295. The molecule has 1 atom stereocenters. The molecule has 3 N–H and O–H groups in total. The lowest BCUT2D eigenvalue weighted by Gasteiger charge is -2.11. The van der Waals surface area contributed by atoms with E-state index in [1.807, 2.05) is 64.9 Å². The summed E-state index contributed by atoms with van der Waals surface area (Å²) in [5.41, 5.74) is 11.8. The number of nitrogens with two attached hydrogens (primary N) is 1. The minimum Gasteiger partial charge on any atom is -0.383 e. The monoisotopic (exact) mass is 506 g/mol. The normalized spacial score (nSPS) is 12.6. The first-order chi connectivity index (χ1) is 18.1. The Morgan fingerprint density at radius 2 is 1.95 bits per heavy atom. The Morgan fingerprint density at radius 3 is 2.81 bits per heavy atom. The second-order valence-corrected chi connectivity index (χ2v) is 9.17. The first kappa shape index (κ1) is 21.5. The zero-order chi connectivity index (χ0) is 25.1. The van der Waals surface area contributed by atoms with E-state index in [9.17, 15) is 0 Å². The second-order valence-electron chi connectivity index (χ2n) is 8.74. The molecule has 0 aliphatic rings. The lowest BCUT2D eigenvalue weighted by Crippen LogP contribution is -2.11. The van der Waals surface area contributed by atoms with E-state index in [2.05, 4.69) is 24.9 Å². The summed E-state index contributed by atoms with van der Waals surface area (Å²) in [5.74, 6) is 0.352. The summed E-state index contributed by atoms with van der Waals surface area (Å²) in [6.07, 6.45) is 8.57. The van der Waals surface area contributed by atoms with Gasteiger partial charge in [-0.1, -0.05) is 11.6 Å². The number of nitrogens with one attached hydrogen (secondary N) is 1. The molecule has 0 amide bonds. The van der Waals surface area contributed by atoms with Gasteiger partial charge in [0.25, 0.3) is 0 Å². The third-order valence-corrected chi connectivity index (χ3v) is 6.75. The molecule has 0 spiro atoms. The number of aromatic nitrogens is 9. The SMILES string of the molecule is CC(c1nn(-c2cccnc2)c2cc(Cl)ccc12)n1nc(-c2cnc3[nH]ccc3c2)c2c(N)ncnc21. The number of nitrogens with zero attached hydrogens (tertiary/aromatic N) is 8. The first-order valence-corrected chi connectivity index (χ1v) is 12.0. The van der Waals surface area contributed by atoms with Crippen LogP contribution >= 0.6 is 11.6 Å². The predicted octanol–water partition coefficient (Wildman–Crippen LogP) is 4.95.